The van der Waals surface area contributed by atoms with E-state index in [1.54, 1.807) is 7.11 Å². The summed E-state index contributed by atoms with van der Waals surface area (Å²) in [6, 6.07) is 23.4. The van der Waals surface area contributed by atoms with Gasteiger partial charge in [-0.2, -0.15) is 0 Å². The molecule has 0 fully saturated rings. The lowest BCUT2D eigenvalue weighted by Gasteiger charge is -2.17. The SMILES string of the molecule is COc1cccc(C(=S)NCc2ccccc2)c1OCc1ccccc1Cl. The Morgan fingerprint density at radius 1 is 0.963 bits per heavy atom. The van der Waals surface area contributed by atoms with Gasteiger partial charge in [-0.05, 0) is 23.8 Å². The summed E-state index contributed by atoms with van der Waals surface area (Å²) in [5, 5.41) is 3.95. The molecule has 1 N–H and O–H groups in total. The normalized spacial score (nSPS) is 10.3. The fourth-order valence-corrected chi connectivity index (χ4v) is 3.07. The predicted molar refractivity (Wildman–Crippen MR) is 114 cm³/mol. The highest BCUT2D eigenvalue weighted by Gasteiger charge is 2.15. The van der Waals surface area contributed by atoms with Gasteiger partial charge in [0.25, 0.3) is 0 Å². The van der Waals surface area contributed by atoms with Gasteiger partial charge in [-0.25, -0.2) is 0 Å². The molecule has 3 nitrogen and oxygen atoms in total. The van der Waals surface area contributed by atoms with Crippen LogP contribution in [0.5, 0.6) is 11.5 Å². The fraction of sp³-hybridized carbons (Fsp3) is 0.136. The van der Waals surface area contributed by atoms with Crippen LogP contribution in [0.1, 0.15) is 16.7 Å². The van der Waals surface area contributed by atoms with Gasteiger partial charge in [-0.15, -0.1) is 0 Å². The number of hydrogen-bond acceptors (Lipinski definition) is 3. The summed E-state index contributed by atoms with van der Waals surface area (Å²) in [6.07, 6.45) is 0. The number of rotatable bonds is 7. The van der Waals surface area contributed by atoms with E-state index in [1.807, 2.05) is 60.7 Å². The van der Waals surface area contributed by atoms with Crippen LogP contribution in [0.15, 0.2) is 72.8 Å². The fourth-order valence-electron chi connectivity index (χ4n) is 2.64. The molecule has 0 saturated heterocycles. The van der Waals surface area contributed by atoms with E-state index in [0.29, 0.717) is 34.7 Å². The first kappa shape index (κ1) is 19.2. The summed E-state index contributed by atoms with van der Waals surface area (Å²) in [4.78, 5) is 0.604. The Hall–Kier alpha value is -2.56. The molecule has 0 aliphatic heterocycles. The predicted octanol–water partition coefficient (Wildman–Crippen LogP) is 5.39. The maximum absolute atomic E-state index is 6.23. The molecule has 0 unspecified atom stereocenters. The van der Waals surface area contributed by atoms with Gasteiger partial charge in [0.05, 0.1) is 12.7 Å². The molecule has 5 heteroatoms. The van der Waals surface area contributed by atoms with Crippen molar-refractivity contribution in [2.45, 2.75) is 13.2 Å². The summed E-state index contributed by atoms with van der Waals surface area (Å²) < 4.78 is 11.5. The molecule has 0 atom stereocenters. The van der Waals surface area contributed by atoms with Crippen LogP contribution >= 0.6 is 23.8 Å². The maximum Gasteiger partial charge on any atom is 0.171 e. The number of ether oxygens (including phenoxy) is 2. The molecule has 138 valence electrons. The van der Waals surface area contributed by atoms with E-state index in [0.717, 1.165) is 16.7 Å². The highest BCUT2D eigenvalue weighted by Crippen LogP contribution is 2.32. The summed E-state index contributed by atoms with van der Waals surface area (Å²) in [5.41, 5.74) is 2.84. The van der Waals surface area contributed by atoms with Crippen LogP contribution < -0.4 is 14.8 Å². The minimum Gasteiger partial charge on any atom is -0.493 e. The molecule has 3 aromatic carbocycles. The molecule has 0 saturated carbocycles. The van der Waals surface area contributed by atoms with E-state index in [2.05, 4.69) is 17.4 Å². The van der Waals surface area contributed by atoms with Gasteiger partial charge in [-0.3, -0.25) is 0 Å². The molecule has 0 spiro atoms. The molecule has 0 radical (unpaired) electrons. The topological polar surface area (TPSA) is 30.5 Å². The van der Waals surface area contributed by atoms with Crippen molar-refractivity contribution in [2.75, 3.05) is 7.11 Å². The van der Waals surface area contributed by atoms with Crippen molar-refractivity contribution in [3.8, 4) is 11.5 Å². The third kappa shape index (κ3) is 5.00. The molecule has 0 aliphatic carbocycles. The number of methoxy groups -OCH3 is 1. The van der Waals surface area contributed by atoms with Crippen LogP contribution in [0.25, 0.3) is 0 Å². The summed E-state index contributed by atoms with van der Waals surface area (Å²) in [7, 11) is 1.61. The largest absolute Gasteiger partial charge is 0.493 e. The van der Waals surface area contributed by atoms with E-state index < -0.39 is 0 Å². The lowest BCUT2D eigenvalue weighted by Crippen LogP contribution is -2.22. The van der Waals surface area contributed by atoms with Crippen molar-refractivity contribution in [1.82, 2.24) is 5.32 Å². The molecule has 0 bridgehead atoms. The monoisotopic (exact) mass is 397 g/mol. The summed E-state index contributed by atoms with van der Waals surface area (Å²) >= 11 is 11.8. The molecule has 3 rings (SSSR count). The number of halogens is 1. The smallest absolute Gasteiger partial charge is 0.171 e. The Morgan fingerprint density at radius 3 is 2.44 bits per heavy atom. The zero-order valence-corrected chi connectivity index (χ0v) is 16.5. The van der Waals surface area contributed by atoms with Crippen LogP contribution in [0.4, 0.5) is 0 Å². The van der Waals surface area contributed by atoms with E-state index >= 15 is 0 Å². The number of benzene rings is 3. The number of nitrogens with one attached hydrogen (secondary N) is 1. The third-order valence-electron chi connectivity index (χ3n) is 4.07. The third-order valence-corrected chi connectivity index (χ3v) is 4.80. The molecular weight excluding hydrogens is 378 g/mol. The van der Waals surface area contributed by atoms with E-state index in [1.165, 1.54) is 0 Å². The minimum atomic E-state index is 0.328. The zero-order valence-electron chi connectivity index (χ0n) is 14.9. The van der Waals surface area contributed by atoms with E-state index in [4.69, 9.17) is 33.3 Å². The van der Waals surface area contributed by atoms with Gasteiger partial charge in [0.2, 0.25) is 0 Å². The van der Waals surface area contributed by atoms with Crippen LogP contribution in [0, 0.1) is 0 Å². The van der Waals surface area contributed by atoms with Crippen molar-refractivity contribution >= 4 is 28.8 Å². The molecule has 0 heterocycles. The Morgan fingerprint density at radius 2 is 1.70 bits per heavy atom. The standard InChI is InChI=1S/C22H20ClNO2S/c1-25-20-13-7-11-18(22(27)24-14-16-8-3-2-4-9-16)21(20)26-15-17-10-5-6-12-19(17)23/h2-13H,14-15H2,1H3,(H,24,27). The number of hydrogen-bond donors (Lipinski definition) is 1. The van der Waals surface area contributed by atoms with Gasteiger partial charge in [0.1, 0.15) is 11.6 Å². The van der Waals surface area contributed by atoms with Crippen molar-refractivity contribution in [3.05, 3.63) is 94.5 Å². The lowest BCUT2D eigenvalue weighted by molar-refractivity contribution is 0.284. The van der Waals surface area contributed by atoms with Crippen molar-refractivity contribution in [2.24, 2.45) is 0 Å². The van der Waals surface area contributed by atoms with E-state index in [9.17, 15) is 0 Å². The first-order chi connectivity index (χ1) is 13.2. The minimum absolute atomic E-state index is 0.328. The van der Waals surface area contributed by atoms with Gasteiger partial charge in [-0.1, -0.05) is 78.4 Å². The molecule has 0 aromatic heterocycles. The Kier molecular flexibility index (Phi) is 6.69. The van der Waals surface area contributed by atoms with Gasteiger partial charge < -0.3 is 14.8 Å². The first-order valence-corrected chi connectivity index (χ1v) is 9.33. The van der Waals surface area contributed by atoms with Crippen LogP contribution in [-0.4, -0.2) is 12.1 Å². The van der Waals surface area contributed by atoms with Crippen LogP contribution in [0.3, 0.4) is 0 Å². The Balaban J connectivity index is 1.78. The Labute approximate surface area is 169 Å². The summed E-state index contributed by atoms with van der Waals surface area (Å²) in [5.74, 6) is 1.23. The summed E-state index contributed by atoms with van der Waals surface area (Å²) in [6.45, 7) is 0.967. The second-order valence-electron chi connectivity index (χ2n) is 5.89. The average molecular weight is 398 g/mol. The van der Waals surface area contributed by atoms with Crippen molar-refractivity contribution in [1.29, 1.82) is 0 Å². The van der Waals surface area contributed by atoms with Gasteiger partial charge in [0, 0.05) is 17.1 Å². The quantitative estimate of drug-likeness (QED) is 0.541. The van der Waals surface area contributed by atoms with Crippen molar-refractivity contribution < 1.29 is 9.47 Å². The van der Waals surface area contributed by atoms with Crippen molar-refractivity contribution in [3.63, 3.8) is 0 Å². The van der Waals surface area contributed by atoms with Crippen LogP contribution in [-0.2, 0) is 13.2 Å². The first-order valence-electron chi connectivity index (χ1n) is 8.54. The van der Waals surface area contributed by atoms with Gasteiger partial charge >= 0.3 is 0 Å². The maximum atomic E-state index is 6.23. The highest BCUT2D eigenvalue weighted by molar-refractivity contribution is 7.80. The molecular formula is C22H20ClNO2S. The average Bonchev–Trinajstić information content (AvgIpc) is 2.72. The zero-order chi connectivity index (χ0) is 19.1. The van der Waals surface area contributed by atoms with E-state index in [-0.39, 0.29) is 0 Å². The molecule has 3 aromatic rings. The molecule has 0 aliphatic rings. The number of thiocarbonyl (C=S) groups is 1. The Bertz CT molecular complexity index is 915. The molecule has 0 amide bonds. The second kappa shape index (κ2) is 9.40. The second-order valence-corrected chi connectivity index (χ2v) is 6.70. The molecule has 27 heavy (non-hydrogen) atoms. The number of para-hydroxylation sites is 1. The van der Waals surface area contributed by atoms with Gasteiger partial charge in [0.15, 0.2) is 11.5 Å². The highest BCUT2D eigenvalue weighted by atomic mass is 35.5. The van der Waals surface area contributed by atoms with Crippen LogP contribution in [0.2, 0.25) is 5.02 Å². The lowest BCUT2D eigenvalue weighted by atomic mass is 10.1.